The molecule has 8 heteroatoms. The zero-order chi connectivity index (χ0) is 20.5. The zero-order valence-electron chi connectivity index (χ0n) is 15.6. The third-order valence-electron chi connectivity index (χ3n) is 4.85. The van der Waals surface area contributed by atoms with Crippen molar-refractivity contribution in [3.63, 3.8) is 0 Å². The molecule has 0 aliphatic carbocycles. The van der Waals surface area contributed by atoms with Crippen LogP contribution in [0.3, 0.4) is 0 Å². The number of hydrogen-bond acceptors (Lipinski definition) is 6. The molecule has 1 saturated heterocycles. The second kappa shape index (κ2) is 8.22. The van der Waals surface area contributed by atoms with Gasteiger partial charge in [-0.05, 0) is 66.3 Å². The molecule has 29 heavy (non-hydrogen) atoms. The van der Waals surface area contributed by atoms with Crippen LogP contribution in [0.5, 0.6) is 0 Å². The van der Waals surface area contributed by atoms with Crippen LogP contribution in [-0.4, -0.2) is 45.5 Å². The second-order valence-electron chi connectivity index (χ2n) is 6.65. The largest absolute Gasteiger partial charge is 0.480 e. The van der Waals surface area contributed by atoms with E-state index in [1.807, 2.05) is 6.07 Å². The van der Waals surface area contributed by atoms with Crippen LogP contribution in [0.25, 0.3) is 6.08 Å². The van der Waals surface area contributed by atoms with Crippen LogP contribution in [-0.2, 0) is 16.0 Å². The Balaban J connectivity index is 1.56. The summed E-state index contributed by atoms with van der Waals surface area (Å²) in [5.74, 6) is -1.43. The van der Waals surface area contributed by atoms with Crippen molar-refractivity contribution in [1.29, 1.82) is 0 Å². The molecule has 0 bridgehead atoms. The molecule has 0 atom stereocenters. The summed E-state index contributed by atoms with van der Waals surface area (Å²) < 4.78 is 0.282. The van der Waals surface area contributed by atoms with Crippen molar-refractivity contribution >= 4 is 69.4 Å². The lowest BCUT2D eigenvalue weighted by atomic mass is 10.1. The molecule has 4 rings (SSSR count). The predicted octanol–water partition coefficient (Wildman–Crippen LogP) is 4.39. The van der Waals surface area contributed by atoms with E-state index in [1.165, 1.54) is 21.8 Å². The van der Waals surface area contributed by atoms with Crippen molar-refractivity contribution < 1.29 is 14.7 Å². The lowest BCUT2D eigenvalue weighted by Crippen LogP contribution is -2.33. The minimum absolute atomic E-state index is 0.282. The Labute approximate surface area is 182 Å². The molecular formula is C21H18N2O3S3. The molecule has 2 aliphatic heterocycles. The van der Waals surface area contributed by atoms with E-state index in [4.69, 9.17) is 17.3 Å². The fourth-order valence-electron chi connectivity index (χ4n) is 3.46. The fourth-order valence-corrected chi connectivity index (χ4v) is 5.13. The van der Waals surface area contributed by atoms with Gasteiger partial charge in [0.25, 0.3) is 5.91 Å². The summed E-state index contributed by atoms with van der Waals surface area (Å²) in [6.45, 7) is 0.509. The molecule has 2 heterocycles. The number of thioether (sulfide) groups is 2. The van der Waals surface area contributed by atoms with E-state index in [-0.39, 0.29) is 10.2 Å². The number of aliphatic carboxylic acids is 1. The summed E-state index contributed by atoms with van der Waals surface area (Å²) in [5.41, 5.74) is 4.49. The number of anilines is 2. The first-order valence-corrected chi connectivity index (χ1v) is 11.4. The molecule has 0 spiro atoms. The van der Waals surface area contributed by atoms with E-state index in [1.54, 1.807) is 17.8 Å². The Morgan fingerprint density at radius 1 is 1.28 bits per heavy atom. The topological polar surface area (TPSA) is 60.9 Å². The number of nitrogens with zero attached hydrogens (tertiary/aromatic N) is 2. The van der Waals surface area contributed by atoms with Gasteiger partial charge in [0.2, 0.25) is 0 Å². The number of carboxylic acids is 1. The monoisotopic (exact) mass is 442 g/mol. The van der Waals surface area contributed by atoms with Gasteiger partial charge in [-0.3, -0.25) is 14.5 Å². The van der Waals surface area contributed by atoms with Crippen molar-refractivity contribution in [3.05, 3.63) is 58.5 Å². The van der Waals surface area contributed by atoms with Crippen LogP contribution < -0.4 is 4.90 Å². The van der Waals surface area contributed by atoms with Gasteiger partial charge in [-0.2, -0.15) is 0 Å². The Bertz CT molecular complexity index is 1030. The third kappa shape index (κ3) is 4.05. The molecule has 148 valence electrons. The normalized spacial score (nSPS) is 17.3. The van der Waals surface area contributed by atoms with E-state index in [9.17, 15) is 9.59 Å². The van der Waals surface area contributed by atoms with E-state index in [2.05, 4.69) is 47.6 Å². The van der Waals surface area contributed by atoms with Crippen LogP contribution in [0.1, 0.15) is 11.1 Å². The van der Waals surface area contributed by atoms with E-state index < -0.39 is 12.5 Å². The van der Waals surface area contributed by atoms with Crippen molar-refractivity contribution in [2.24, 2.45) is 0 Å². The van der Waals surface area contributed by atoms with Gasteiger partial charge in [-0.15, -0.1) is 11.8 Å². The maximum atomic E-state index is 12.5. The number of fused-ring (bicyclic) bond motifs is 1. The highest BCUT2D eigenvalue weighted by Crippen LogP contribution is 2.37. The van der Waals surface area contributed by atoms with Crippen LogP contribution in [0, 0.1) is 0 Å². The molecular weight excluding hydrogens is 424 g/mol. The van der Waals surface area contributed by atoms with Gasteiger partial charge < -0.3 is 10.0 Å². The molecule has 5 nitrogen and oxygen atoms in total. The number of carbonyl (C=O) groups is 2. The Hall–Kier alpha value is -2.29. The van der Waals surface area contributed by atoms with Gasteiger partial charge in [0, 0.05) is 22.8 Å². The maximum Gasteiger partial charge on any atom is 0.323 e. The maximum absolute atomic E-state index is 12.5. The molecule has 2 aliphatic rings. The first kappa shape index (κ1) is 20.0. The quantitative estimate of drug-likeness (QED) is 0.419. The van der Waals surface area contributed by atoms with Crippen LogP contribution in [0.2, 0.25) is 0 Å². The zero-order valence-corrected chi connectivity index (χ0v) is 18.1. The summed E-state index contributed by atoms with van der Waals surface area (Å²) >= 11 is 8.02. The van der Waals surface area contributed by atoms with Crippen LogP contribution in [0.4, 0.5) is 11.4 Å². The number of carboxylic acid groups (broad SMARTS) is 1. The average molecular weight is 443 g/mol. The summed E-state index contributed by atoms with van der Waals surface area (Å²) in [4.78, 5) is 28.5. The third-order valence-corrected chi connectivity index (χ3v) is 6.97. The van der Waals surface area contributed by atoms with Crippen LogP contribution in [0.15, 0.2) is 52.3 Å². The lowest BCUT2D eigenvalue weighted by molar-refractivity contribution is -0.140. The standard InChI is InChI=1S/C21H18N2O3S3/c1-28-16-5-3-15(4-6-16)22-9-8-14-10-13(2-7-17(14)22)11-18-20(26)23(12-19(24)25)21(27)29-18/h2-7,10-11H,8-9,12H2,1H3,(H,24,25)/b18-11-. The van der Waals surface area contributed by atoms with Gasteiger partial charge in [-0.1, -0.05) is 30.0 Å². The summed E-state index contributed by atoms with van der Waals surface area (Å²) in [7, 11) is 0. The van der Waals surface area contributed by atoms with E-state index in [0.717, 1.165) is 35.2 Å². The number of amides is 1. The molecule has 1 N–H and O–H groups in total. The number of thiocarbonyl (C=S) groups is 1. The second-order valence-corrected chi connectivity index (χ2v) is 9.20. The highest BCUT2D eigenvalue weighted by Gasteiger charge is 2.33. The van der Waals surface area contributed by atoms with E-state index in [0.29, 0.717) is 4.91 Å². The first-order chi connectivity index (χ1) is 14.0. The first-order valence-electron chi connectivity index (χ1n) is 8.98. The number of carbonyl (C=O) groups excluding carboxylic acids is 1. The van der Waals surface area contributed by atoms with Gasteiger partial charge in [0.05, 0.1) is 4.91 Å². The highest BCUT2D eigenvalue weighted by molar-refractivity contribution is 8.26. The summed E-state index contributed by atoms with van der Waals surface area (Å²) in [6.07, 6.45) is 4.79. The lowest BCUT2D eigenvalue weighted by Gasteiger charge is -2.20. The number of benzene rings is 2. The molecule has 1 amide bonds. The minimum atomic E-state index is -1.08. The van der Waals surface area contributed by atoms with Gasteiger partial charge in [-0.25, -0.2) is 0 Å². The van der Waals surface area contributed by atoms with Gasteiger partial charge in [0.15, 0.2) is 0 Å². The van der Waals surface area contributed by atoms with Crippen molar-refractivity contribution in [3.8, 4) is 0 Å². The molecule has 1 fully saturated rings. The predicted molar refractivity (Wildman–Crippen MR) is 123 cm³/mol. The number of hydrogen-bond donors (Lipinski definition) is 1. The smallest absolute Gasteiger partial charge is 0.323 e. The number of rotatable bonds is 5. The molecule has 2 aromatic carbocycles. The molecule has 2 aromatic rings. The van der Waals surface area contributed by atoms with Crippen molar-refractivity contribution in [2.45, 2.75) is 11.3 Å². The van der Waals surface area contributed by atoms with Crippen molar-refractivity contribution in [1.82, 2.24) is 4.90 Å². The summed E-state index contributed by atoms with van der Waals surface area (Å²) in [5, 5.41) is 8.95. The van der Waals surface area contributed by atoms with Gasteiger partial charge >= 0.3 is 5.97 Å². The fraction of sp³-hybridized carbons (Fsp3) is 0.190. The van der Waals surface area contributed by atoms with Crippen molar-refractivity contribution in [2.75, 3.05) is 24.2 Å². The average Bonchev–Trinajstić information content (AvgIpc) is 3.24. The SMILES string of the molecule is CSc1ccc(N2CCc3cc(/C=C4\SC(=S)N(CC(=O)O)C4=O)ccc32)cc1. The van der Waals surface area contributed by atoms with E-state index >= 15 is 0 Å². The Morgan fingerprint density at radius 3 is 2.72 bits per heavy atom. The van der Waals surface area contributed by atoms with Gasteiger partial charge in [0.1, 0.15) is 10.9 Å². The highest BCUT2D eigenvalue weighted by atomic mass is 32.2. The molecule has 0 unspecified atom stereocenters. The molecule has 0 aromatic heterocycles. The Kier molecular flexibility index (Phi) is 5.67. The minimum Gasteiger partial charge on any atom is -0.480 e. The van der Waals surface area contributed by atoms with Crippen LogP contribution >= 0.6 is 35.7 Å². The summed E-state index contributed by atoms with van der Waals surface area (Å²) in [6, 6.07) is 14.7. The Morgan fingerprint density at radius 2 is 2.03 bits per heavy atom. The molecule has 0 radical (unpaired) electrons. The molecule has 0 saturated carbocycles.